The Morgan fingerprint density at radius 2 is 1.72 bits per heavy atom. The first-order valence-corrected chi connectivity index (χ1v) is 12.1. The molecule has 0 aliphatic heterocycles. The van der Waals surface area contributed by atoms with Crippen molar-refractivity contribution < 1.29 is 14.0 Å². The van der Waals surface area contributed by atoms with Gasteiger partial charge in [0.25, 0.3) is 5.56 Å². The molecule has 0 saturated heterocycles. The van der Waals surface area contributed by atoms with E-state index in [0.29, 0.717) is 37.1 Å². The Bertz CT molecular complexity index is 1120. The van der Waals surface area contributed by atoms with Gasteiger partial charge in [-0.15, -0.1) is 9.42 Å². The normalized spacial score (nSPS) is 11.3. The van der Waals surface area contributed by atoms with Crippen LogP contribution in [-0.2, 0) is 28.7 Å². The lowest BCUT2D eigenvalue weighted by atomic mass is 10.2. The number of nitrogens with zero attached hydrogens (tertiary/aromatic N) is 4. The molecule has 1 N–H and O–H groups in total. The molecule has 2 heterocycles. The van der Waals surface area contributed by atoms with Crippen LogP contribution in [0, 0.1) is 0 Å². The Hall–Kier alpha value is -2.61. The molecule has 0 radical (unpaired) electrons. The minimum atomic E-state index is -2.63. The predicted octanol–water partition coefficient (Wildman–Crippen LogP) is 3.68. The second-order valence-corrected chi connectivity index (χ2v) is 8.03. The molecule has 0 aliphatic carbocycles. The number of imidazole rings is 1. The number of fused-ring (bicyclic) bond motifs is 1. The molecule has 32 heavy (non-hydrogen) atoms. The Labute approximate surface area is 188 Å². The van der Waals surface area contributed by atoms with Gasteiger partial charge < -0.3 is 4.57 Å². The molecule has 3 rings (SSSR count). The summed E-state index contributed by atoms with van der Waals surface area (Å²) in [6.07, 6.45) is 5.15. The van der Waals surface area contributed by atoms with E-state index in [1.165, 1.54) is 22.0 Å². The summed E-state index contributed by atoms with van der Waals surface area (Å²) < 4.78 is 19.6. The lowest BCUT2D eigenvalue weighted by Gasteiger charge is -2.11. The van der Waals surface area contributed by atoms with E-state index in [-0.39, 0.29) is 18.7 Å². The average Bonchev–Trinajstić information content (AvgIpc) is 3.20. The molecular formula is C22H32N4O5P+. The summed E-state index contributed by atoms with van der Waals surface area (Å²) in [6.45, 7) is 7.36. The number of unbranched alkanes of at least 4 members (excludes halogenated alkanes) is 2. The van der Waals surface area contributed by atoms with Crippen molar-refractivity contribution in [3.8, 4) is 0 Å². The molecule has 1 aromatic carbocycles. The van der Waals surface area contributed by atoms with E-state index in [0.717, 1.165) is 5.56 Å². The second kappa shape index (κ2) is 13.1. The fourth-order valence-electron chi connectivity index (χ4n) is 3.14. The fourth-order valence-corrected chi connectivity index (χ4v) is 3.42. The van der Waals surface area contributed by atoms with Gasteiger partial charge in [0.1, 0.15) is 6.61 Å². The number of rotatable bonds is 10. The topological polar surface area (TPSA) is 108 Å². The largest absolute Gasteiger partial charge is 0.694 e. The number of benzene rings is 1. The number of hydrogen-bond acceptors (Lipinski definition) is 5. The van der Waals surface area contributed by atoms with E-state index < -0.39 is 13.9 Å². The van der Waals surface area contributed by atoms with Crippen molar-refractivity contribution in [3.05, 3.63) is 63.1 Å². The zero-order valence-corrected chi connectivity index (χ0v) is 19.8. The lowest BCUT2D eigenvalue weighted by Crippen LogP contribution is -2.40. The zero-order chi connectivity index (χ0) is 23.5. The molecule has 1 atom stereocenters. The van der Waals surface area contributed by atoms with Crippen molar-refractivity contribution in [2.75, 3.05) is 6.61 Å². The summed E-state index contributed by atoms with van der Waals surface area (Å²) in [5, 5.41) is 0. The number of aromatic nitrogens is 4. The Morgan fingerprint density at radius 3 is 2.31 bits per heavy atom. The lowest BCUT2D eigenvalue weighted by molar-refractivity contribution is 0.272. The standard InChI is InChI=1S/C18H21N4O5P.C4H10/c1-2-21-16-15(20(13-19-16)12-14-8-4-3-5-9-14)17(23)22(18(21)24)10-6-7-11-27-28(25)26;1-3-4-2/h3-5,8-9,13H,2,6-7,10-12H2,1H3;3-4H2,1-2H3/p+1. The highest BCUT2D eigenvalue weighted by Crippen LogP contribution is 2.15. The Morgan fingerprint density at radius 1 is 1.03 bits per heavy atom. The van der Waals surface area contributed by atoms with Gasteiger partial charge in [-0.05, 0) is 25.3 Å². The number of aryl methyl sites for hydroxylation is 1. The average molecular weight is 463 g/mol. The molecule has 10 heteroatoms. The Kier molecular flexibility index (Phi) is 10.5. The van der Waals surface area contributed by atoms with E-state index in [9.17, 15) is 14.2 Å². The minimum absolute atomic E-state index is 0.0939. The summed E-state index contributed by atoms with van der Waals surface area (Å²) in [4.78, 5) is 38.7. The van der Waals surface area contributed by atoms with Crippen LogP contribution in [0.5, 0.6) is 0 Å². The van der Waals surface area contributed by atoms with Crippen LogP contribution in [0.25, 0.3) is 11.2 Å². The molecule has 0 amide bonds. The van der Waals surface area contributed by atoms with Gasteiger partial charge in [-0.1, -0.05) is 57.0 Å². The van der Waals surface area contributed by atoms with Crippen LogP contribution < -0.4 is 11.2 Å². The van der Waals surface area contributed by atoms with Gasteiger partial charge in [0.15, 0.2) is 11.2 Å². The van der Waals surface area contributed by atoms with Gasteiger partial charge in [-0.3, -0.25) is 13.9 Å². The number of hydrogen-bond donors (Lipinski definition) is 1. The maximum absolute atomic E-state index is 13.0. The van der Waals surface area contributed by atoms with Crippen molar-refractivity contribution in [1.82, 2.24) is 18.7 Å². The molecule has 3 aromatic rings. The van der Waals surface area contributed by atoms with E-state index >= 15 is 0 Å². The van der Waals surface area contributed by atoms with E-state index in [1.54, 1.807) is 10.9 Å². The summed E-state index contributed by atoms with van der Waals surface area (Å²) in [5.41, 5.74) is 1.01. The first-order chi connectivity index (χ1) is 15.4. The third-order valence-electron chi connectivity index (χ3n) is 4.97. The summed E-state index contributed by atoms with van der Waals surface area (Å²) in [5.74, 6) is 0. The highest BCUT2D eigenvalue weighted by molar-refractivity contribution is 7.32. The molecule has 174 valence electrons. The van der Waals surface area contributed by atoms with Crippen molar-refractivity contribution in [1.29, 1.82) is 0 Å². The summed E-state index contributed by atoms with van der Waals surface area (Å²) in [6, 6.07) is 9.71. The first kappa shape index (κ1) is 25.6. The summed E-state index contributed by atoms with van der Waals surface area (Å²) >= 11 is 0. The molecule has 0 saturated carbocycles. The van der Waals surface area contributed by atoms with Gasteiger partial charge in [0.05, 0.1) is 6.33 Å². The molecular weight excluding hydrogens is 431 g/mol. The quantitative estimate of drug-likeness (QED) is 0.363. The predicted molar refractivity (Wildman–Crippen MR) is 125 cm³/mol. The van der Waals surface area contributed by atoms with Crippen LogP contribution in [0.15, 0.2) is 46.2 Å². The van der Waals surface area contributed by atoms with Gasteiger partial charge in [-0.2, -0.15) is 0 Å². The smallest absolute Gasteiger partial charge is 0.320 e. The molecule has 0 fully saturated rings. The highest BCUT2D eigenvalue weighted by Gasteiger charge is 2.17. The fraction of sp³-hybridized carbons (Fsp3) is 0.500. The third-order valence-corrected chi connectivity index (χ3v) is 5.38. The molecule has 0 spiro atoms. The van der Waals surface area contributed by atoms with Gasteiger partial charge in [-0.25, -0.2) is 9.78 Å². The van der Waals surface area contributed by atoms with Crippen LogP contribution in [-0.4, -0.2) is 30.2 Å². The van der Waals surface area contributed by atoms with Gasteiger partial charge in [0, 0.05) is 24.2 Å². The molecule has 2 aromatic heterocycles. The van der Waals surface area contributed by atoms with Gasteiger partial charge >= 0.3 is 13.9 Å². The van der Waals surface area contributed by atoms with Gasteiger partial charge in [0.2, 0.25) is 0 Å². The van der Waals surface area contributed by atoms with Crippen molar-refractivity contribution in [3.63, 3.8) is 0 Å². The maximum Gasteiger partial charge on any atom is 0.694 e. The van der Waals surface area contributed by atoms with Crippen LogP contribution in [0.4, 0.5) is 0 Å². The SMILES string of the molecule is CCCC.CCn1c(=O)n(CCCCO[P+](=O)O)c(=O)c2c1ncn2Cc1ccccc1. The maximum atomic E-state index is 13.0. The monoisotopic (exact) mass is 463 g/mol. The third kappa shape index (κ3) is 6.69. The molecule has 0 aliphatic rings. The van der Waals surface area contributed by atoms with Crippen LogP contribution in [0.1, 0.15) is 52.0 Å². The second-order valence-electron chi connectivity index (χ2n) is 7.29. The van der Waals surface area contributed by atoms with Crippen molar-refractivity contribution in [2.45, 2.75) is 66.1 Å². The van der Waals surface area contributed by atoms with E-state index in [2.05, 4.69) is 23.4 Å². The van der Waals surface area contributed by atoms with E-state index in [1.807, 2.05) is 37.3 Å². The van der Waals surface area contributed by atoms with Crippen molar-refractivity contribution in [2.24, 2.45) is 0 Å². The molecule has 0 bridgehead atoms. The molecule has 1 unspecified atom stereocenters. The minimum Gasteiger partial charge on any atom is -0.320 e. The van der Waals surface area contributed by atoms with Crippen LogP contribution >= 0.6 is 8.25 Å². The zero-order valence-electron chi connectivity index (χ0n) is 18.9. The molecule has 9 nitrogen and oxygen atoms in total. The first-order valence-electron chi connectivity index (χ1n) is 11.0. The van der Waals surface area contributed by atoms with E-state index in [4.69, 9.17) is 4.89 Å². The summed E-state index contributed by atoms with van der Waals surface area (Å²) in [7, 11) is -2.63. The van der Waals surface area contributed by atoms with Crippen LogP contribution in [0.2, 0.25) is 0 Å². The van der Waals surface area contributed by atoms with Crippen LogP contribution in [0.3, 0.4) is 0 Å². The van der Waals surface area contributed by atoms with Crippen molar-refractivity contribution >= 4 is 19.4 Å². The highest BCUT2D eigenvalue weighted by atomic mass is 31.1. The Balaban J connectivity index is 0.000000837.